The average Bonchev–Trinajstić information content (AvgIpc) is 2.49. The predicted octanol–water partition coefficient (Wildman–Crippen LogP) is 2.27. The molecule has 0 spiro atoms. The van der Waals surface area contributed by atoms with Crippen LogP contribution in [-0.4, -0.2) is 29.3 Å². The number of amides is 1. The molecule has 0 aliphatic carbocycles. The van der Waals surface area contributed by atoms with Gasteiger partial charge in [-0.15, -0.1) is 0 Å². The molecule has 0 bridgehead atoms. The van der Waals surface area contributed by atoms with E-state index in [1.54, 1.807) is 24.3 Å². The van der Waals surface area contributed by atoms with E-state index in [1.165, 1.54) is 0 Å². The maximum Gasteiger partial charge on any atom is 0.308 e. The van der Waals surface area contributed by atoms with Crippen molar-refractivity contribution in [2.75, 3.05) is 6.54 Å². The number of ketones is 1. The summed E-state index contributed by atoms with van der Waals surface area (Å²) in [6.45, 7) is 2.01. The second-order valence-corrected chi connectivity index (χ2v) is 4.92. The normalized spacial score (nSPS) is 11.7. The maximum absolute atomic E-state index is 11.8. The number of carbonyl (C=O) groups is 3. The lowest BCUT2D eigenvalue weighted by molar-refractivity contribution is -0.141. The lowest BCUT2D eigenvalue weighted by atomic mass is 10.0. The second-order valence-electron chi connectivity index (χ2n) is 4.92. The van der Waals surface area contributed by atoms with Gasteiger partial charge >= 0.3 is 5.97 Å². The van der Waals surface area contributed by atoms with E-state index in [-0.39, 0.29) is 31.1 Å². The smallest absolute Gasteiger partial charge is 0.308 e. The molecule has 1 unspecified atom stereocenters. The van der Waals surface area contributed by atoms with Crippen molar-refractivity contribution < 1.29 is 19.5 Å². The number of nitrogens with one attached hydrogen (secondary N) is 1. The Kier molecular flexibility index (Phi) is 7.15. The molecule has 0 aliphatic rings. The fourth-order valence-corrected chi connectivity index (χ4v) is 1.98. The number of carboxylic acid groups (broad SMARTS) is 1. The van der Waals surface area contributed by atoms with Crippen LogP contribution < -0.4 is 5.32 Å². The summed E-state index contributed by atoms with van der Waals surface area (Å²) >= 11 is 0. The zero-order valence-corrected chi connectivity index (χ0v) is 12.2. The van der Waals surface area contributed by atoms with Gasteiger partial charge in [0.05, 0.1) is 5.92 Å². The molecule has 0 heterocycles. The van der Waals surface area contributed by atoms with Crippen LogP contribution in [0.1, 0.15) is 43.0 Å². The number of rotatable bonds is 9. The molecule has 1 rings (SSSR count). The Morgan fingerprint density at radius 2 is 1.81 bits per heavy atom. The van der Waals surface area contributed by atoms with Crippen LogP contribution in [0.4, 0.5) is 0 Å². The van der Waals surface area contributed by atoms with Crippen molar-refractivity contribution in [3.63, 3.8) is 0 Å². The minimum Gasteiger partial charge on any atom is -0.481 e. The van der Waals surface area contributed by atoms with E-state index in [0.29, 0.717) is 12.0 Å². The molecule has 0 aromatic heterocycles. The molecule has 21 heavy (non-hydrogen) atoms. The molecular weight excluding hydrogens is 270 g/mol. The summed E-state index contributed by atoms with van der Waals surface area (Å²) in [5.41, 5.74) is 0.583. The third kappa shape index (κ3) is 6.21. The first-order valence-corrected chi connectivity index (χ1v) is 7.12. The summed E-state index contributed by atoms with van der Waals surface area (Å²) in [7, 11) is 0. The van der Waals surface area contributed by atoms with E-state index < -0.39 is 11.9 Å². The van der Waals surface area contributed by atoms with Crippen LogP contribution in [0, 0.1) is 5.92 Å². The third-order valence-corrected chi connectivity index (χ3v) is 3.21. The van der Waals surface area contributed by atoms with E-state index in [2.05, 4.69) is 5.32 Å². The second kappa shape index (κ2) is 8.89. The SMILES string of the molecule is CCCC(CNC(=O)CCC(=O)c1ccccc1)C(=O)O. The zero-order valence-electron chi connectivity index (χ0n) is 12.2. The van der Waals surface area contributed by atoms with Crippen molar-refractivity contribution in [3.8, 4) is 0 Å². The molecule has 1 aromatic carbocycles. The molecule has 1 aromatic rings. The number of carboxylic acids is 1. The van der Waals surface area contributed by atoms with Gasteiger partial charge in [0.1, 0.15) is 0 Å². The number of carbonyl (C=O) groups excluding carboxylic acids is 2. The van der Waals surface area contributed by atoms with E-state index >= 15 is 0 Å². The lowest BCUT2D eigenvalue weighted by Crippen LogP contribution is -2.33. The van der Waals surface area contributed by atoms with Gasteiger partial charge < -0.3 is 10.4 Å². The molecule has 0 saturated carbocycles. The van der Waals surface area contributed by atoms with Gasteiger partial charge in [-0.3, -0.25) is 14.4 Å². The van der Waals surface area contributed by atoms with Gasteiger partial charge in [0.2, 0.25) is 5.91 Å². The zero-order chi connectivity index (χ0) is 15.7. The van der Waals surface area contributed by atoms with Crippen molar-refractivity contribution in [1.82, 2.24) is 5.32 Å². The largest absolute Gasteiger partial charge is 0.481 e. The van der Waals surface area contributed by atoms with E-state index in [9.17, 15) is 14.4 Å². The summed E-state index contributed by atoms with van der Waals surface area (Å²) in [6.07, 6.45) is 1.48. The molecule has 5 nitrogen and oxygen atoms in total. The Bertz CT molecular complexity index is 484. The Morgan fingerprint density at radius 3 is 2.38 bits per heavy atom. The monoisotopic (exact) mass is 291 g/mol. The molecule has 0 fully saturated rings. The number of Topliss-reactive ketones (excluding diaryl/α,β-unsaturated/α-hetero) is 1. The highest BCUT2D eigenvalue weighted by atomic mass is 16.4. The number of hydrogen-bond donors (Lipinski definition) is 2. The molecule has 114 valence electrons. The Morgan fingerprint density at radius 1 is 1.14 bits per heavy atom. The van der Waals surface area contributed by atoms with E-state index in [0.717, 1.165) is 6.42 Å². The highest BCUT2D eigenvalue weighted by molar-refractivity contribution is 5.97. The predicted molar refractivity (Wildman–Crippen MR) is 79.1 cm³/mol. The van der Waals surface area contributed by atoms with Crippen molar-refractivity contribution in [3.05, 3.63) is 35.9 Å². The van der Waals surface area contributed by atoms with Crippen molar-refractivity contribution in [2.24, 2.45) is 5.92 Å². The quantitative estimate of drug-likeness (QED) is 0.684. The number of hydrogen-bond acceptors (Lipinski definition) is 3. The molecular formula is C16H21NO4. The third-order valence-electron chi connectivity index (χ3n) is 3.21. The summed E-state index contributed by atoms with van der Waals surface area (Å²) in [5, 5.41) is 11.6. The van der Waals surface area contributed by atoms with Crippen molar-refractivity contribution in [2.45, 2.75) is 32.6 Å². The standard InChI is InChI=1S/C16H21NO4/c1-2-6-13(16(20)21)11-17-15(19)10-9-14(18)12-7-4-3-5-8-12/h3-5,7-8,13H,2,6,9-11H2,1H3,(H,17,19)(H,20,21). The first-order valence-electron chi connectivity index (χ1n) is 7.12. The van der Waals surface area contributed by atoms with Crippen LogP contribution >= 0.6 is 0 Å². The van der Waals surface area contributed by atoms with Crippen LogP contribution in [-0.2, 0) is 9.59 Å². The Labute approximate surface area is 124 Å². The van der Waals surface area contributed by atoms with E-state index in [1.807, 2.05) is 13.0 Å². The number of aliphatic carboxylic acids is 1. The fraction of sp³-hybridized carbons (Fsp3) is 0.438. The Balaban J connectivity index is 2.34. The molecule has 0 saturated heterocycles. The van der Waals surface area contributed by atoms with Crippen LogP contribution in [0.2, 0.25) is 0 Å². The highest BCUT2D eigenvalue weighted by Crippen LogP contribution is 2.07. The first-order chi connectivity index (χ1) is 10.0. The number of benzene rings is 1. The first kappa shape index (κ1) is 16.9. The summed E-state index contributed by atoms with van der Waals surface area (Å²) in [6, 6.07) is 8.79. The lowest BCUT2D eigenvalue weighted by Gasteiger charge is -2.12. The summed E-state index contributed by atoms with van der Waals surface area (Å²) < 4.78 is 0. The van der Waals surface area contributed by atoms with Gasteiger partial charge in [0.15, 0.2) is 5.78 Å². The minimum atomic E-state index is -0.905. The van der Waals surface area contributed by atoms with Gasteiger partial charge in [0, 0.05) is 24.9 Å². The highest BCUT2D eigenvalue weighted by Gasteiger charge is 2.17. The van der Waals surface area contributed by atoms with Gasteiger partial charge in [0.25, 0.3) is 0 Å². The molecule has 1 amide bonds. The summed E-state index contributed by atoms with van der Waals surface area (Å²) in [4.78, 5) is 34.4. The van der Waals surface area contributed by atoms with Gasteiger partial charge in [-0.1, -0.05) is 43.7 Å². The van der Waals surface area contributed by atoms with Gasteiger partial charge in [-0.05, 0) is 6.42 Å². The molecule has 2 N–H and O–H groups in total. The molecule has 1 atom stereocenters. The summed E-state index contributed by atoms with van der Waals surface area (Å²) in [5.74, 6) is -1.85. The topological polar surface area (TPSA) is 83.5 Å². The van der Waals surface area contributed by atoms with Crippen LogP contribution in [0.3, 0.4) is 0 Å². The molecule has 0 aliphatic heterocycles. The fourth-order valence-electron chi connectivity index (χ4n) is 1.98. The van der Waals surface area contributed by atoms with Gasteiger partial charge in [-0.2, -0.15) is 0 Å². The van der Waals surface area contributed by atoms with Crippen molar-refractivity contribution >= 4 is 17.7 Å². The maximum atomic E-state index is 11.8. The minimum absolute atomic E-state index is 0.0756. The van der Waals surface area contributed by atoms with E-state index in [4.69, 9.17) is 5.11 Å². The Hall–Kier alpha value is -2.17. The molecule has 0 radical (unpaired) electrons. The molecule has 5 heteroatoms. The van der Waals surface area contributed by atoms with Gasteiger partial charge in [-0.25, -0.2) is 0 Å². The van der Waals surface area contributed by atoms with Crippen molar-refractivity contribution in [1.29, 1.82) is 0 Å². The van der Waals surface area contributed by atoms with Crippen LogP contribution in [0.5, 0.6) is 0 Å². The average molecular weight is 291 g/mol. The van der Waals surface area contributed by atoms with Crippen LogP contribution in [0.15, 0.2) is 30.3 Å². The van der Waals surface area contributed by atoms with Crippen LogP contribution in [0.25, 0.3) is 0 Å².